The van der Waals surface area contributed by atoms with Crippen LogP contribution in [0.4, 0.5) is 0 Å². The Bertz CT molecular complexity index is 901. The van der Waals surface area contributed by atoms with Gasteiger partial charge < -0.3 is 13.9 Å². The van der Waals surface area contributed by atoms with Crippen LogP contribution in [0.5, 0.6) is 5.75 Å². The first-order valence-corrected chi connectivity index (χ1v) is 8.79. The molecule has 0 aliphatic carbocycles. The van der Waals surface area contributed by atoms with E-state index in [0.717, 1.165) is 11.1 Å². The SMILES string of the molecule is Cc1cccc(-c2nnc(COC(=O)COc3ccc(C(C)C)cc3)o2)c1. The molecule has 27 heavy (non-hydrogen) atoms. The first kappa shape index (κ1) is 18.6. The van der Waals surface area contributed by atoms with Crippen LogP contribution >= 0.6 is 0 Å². The summed E-state index contributed by atoms with van der Waals surface area (Å²) in [6.07, 6.45) is 0. The number of aromatic nitrogens is 2. The zero-order valence-electron chi connectivity index (χ0n) is 15.6. The van der Waals surface area contributed by atoms with Crippen LogP contribution < -0.4 is 4.74 Å². The highest BCUT2D eigenvalue weighted by molar-refractivity contribution is 5.71. The van der Waals surface area contributed by atoms with Crippen LogP contribution in [-0.2, 0) is 16.1 Å². The molecular formula is C21H22N2O4. The lowest BCUT2D eigenvalue weighted by molar-refractivity contribution is -0.148. The first-order valence-electron chi connectivity index (χ1n) is 8.79. The number of esters is 1. The van der Waals surface area contributed by atoms with Crippen LogP contribution in [0, 0.1) is 6.92 Å². The minimum atomic E-state index is -0.502. The molecule has 0 unspecified atom stereocenters. The largest absolute Gasteiger partial charge is 0.482 e. The highest BCUT2D eigenvalue weighted by atomic mass is 16.6. The standard InChI is InChI=1S/C21H22N2O4/c1-14(2)16-7-9-18(10-8-16)25-13-20(24)26-12-19-22-23-21(27-19)17-6-4-5-15(3)11-17/h4-11,14H,12-13H2,1-3H3. The second kappa shape index (κ2) is 8.49. The number of benzene rings is 2. The maximum atomic E-state index is 11.8. The van der Waals surface area contributed by atoms with Crippen LogP contribution in [0.3, 0.4) is 0 Å². The zero-order valence-corrected chi connectivity index (χ0v) is 15.6. The molecule has 0 bridgehead atoms. The quantitative estimate of drug-likeness (QED) is 0.581. The Balaban J connectivity index is 1.48. The van der Waals surface area contributed by atoms with E-state index in [1.165, 1.54) is 5.56 Å². The highest BCUT2D eigenvalue weighted by Crippen LogP contribution is 2.20. The summed E-state index contributed by atoms with van der Waals surface area (Å²) in [6.45, 7) is 5.95. The molecule has 0 radical (unpaired) electrons. The van der Waals surface area contributed by atoms with Crippen molar-refractivity contribution in [1.82, 2.24) is 10.2 Å². The smallest absolute Gasteiger partial charge is 0.344 e. The van der Waals surface area contributed by atoms with E-state index < -0.39 is 5.97 Å². The Morgan fingerprint density at radius 2 is 1.89 bits per heavy atom. The van der Waals surface area contributed by atoms with Gasteiger partial charge in [-0.15, -0.1) is 10.2 Å². The van der Waals surface area contributed by atoms with Crippen LogP contribution in [0.2, 0.25) is 0 Å². The second-order valence-corrected chi connectivity index (χ2v) is 6.54. The molecule has 0 fully saturated rings. The summed E-state index contributed by atoms with van der Waals surface area (Å²) in [5.41, 5.74) is 3.14. The number of aryl methyl sites for hydroxylation is 1. The van der Waals surface area contributed by atoms with Crippen molar-refractivity contribution >= 4 is 5.97 Å². The summed E-state index contributed by atoms with van der Waals surface area (Å²) in [6, 6.07) is 15.4. The molecule has 140 valence electrons. The van der Waals surface area contributed by atoms with E-state index in [9.17, 15) is 4.79 Å². The van der Waals surface area contributed by atoms with Gasteiger partial charge in [-0.3, -0.25) is 0 Å². The van der Waals surface area contributed by atoms with Crippen molar-refractivity contribution in [2.75, 3.05) is 6.61 Å². The molecule has 6 nitrogen and oxygen atoms in total. The zero-order chi connectivity index (χ0) is 19.2. The van der Waals surface area contributed by atoms with E-state index in [4.69, 9.17) is 13.9 Å². The van der Waals surface area contributed by atoms with Crippen molar-refractivity contribution < 1.29 is 18.7 Å². The third-order valence-corrected chi connectivity index (χ3v) is 3.99. The van der Waals surface area contributed by atoms with Crippen LogP contribution in [0.1, 0.15) is 36.8 Å². The van der Waals surface area contributed by atoms with Gasteiger partial charge in [-0.1, -0.05) is 43.7 Å². The third-order valence-electron chi connectivity index (χ3n) is 3.99. The first-order chi connectivity index (χ1) is 13.0. The molecular weight excluding hydrogens is 344 g/mol. The molecule has 0 aliphatic heterocycles. The summed E-state index contributed by atoms with van der Waals surface area (Å²) in [5.74, 6) is 1.20. The number of hydrogen-bond donors (Lipinski definition) is 0. The monoisotopic (exact) mass is 366 g/mol. The van der Waals surface area contributed by atoms with Crippen LogP contribution in [0.15, 0.2) is 52.9 Å². The predicted octanol–water partition coefficient (Wildman–Crippen LogP) is 4.29. The Morgan fingerprint density at radius 1 is 1.11 bits per heavy atom. The Kier molecular flexibility index (Phi) is 5.86. The number of rotatable bonds is 7. The average molecular weight is 366 g/mol. The molecule has 0 saturated carbocycles. The number of hydrogen-bond acceptors (Lipinski definition) is 6. The minimum absolute atomic E-state index is 0.0900. The van der Waals surface area contributed by atoms with Crippen molar-refractivity contribution in [2.24, 2.45) is 0 Å². The van der Waals surface area contributed by atoms with Gasteiger partial charge >= 0.3 is 5.97 Å². The lowest BCUT2D eigenvalue weighted by Gasteiger charge is -2.08. The third kappa shape index (κ3) is 5.17. The molecule has 1 heterocycles. The molecule has 3 rings (SSSR count). The molecule has 6 heteroatoms. The number of carbonyl (C=O) groups excluding carboxylic acids is 1. The number of ether oxygens (including phenoxy) is 2. The Labute approximate surface area is 158 Å². The van der Waals surface area contributed by atoms with Crippen molar-refractivity contribution in [3.63, 3.8) is 0 Å². The van der Waals surface area contributed by atoms with Gasteiger partial charge in [-0.05, 0) is 42.7 Å². The number of carbonyl (C=O) groups is 1. The predicted molar refractivity (Wildman–Crippen MR) is 100 cm³/mol. The van der Waals surface area contributed by atoms with Crippen molar-refractivity contribution in [3.05, 3.63) is 65.5 Å². The average Bonchev–Trinajstić information content (AvgIpc) is 3.14. The van der Waals surface area contributed by atoms with Crippen molar-refractivity contribution in [1.29, 1.82) is 0 Å². The summed E-state index contributed by atoms with van der Waals surface area (Å²) >= 11 is 0. The van der Waals surface area contributed by atoms with Gasteiger partial charge in [0.25, 0.3) is 5.89 Å². The van der Waals surface area contributed by atoms with Crippen LogP contribution in [-0.4, -0.2) is 22.8 Å². The van der Waals surface area contributed by atoms with Crippen molar-refractivity contribution in [2.45, 2.75) is 33.3 Å². The van der Waals surface area contributed by atoms with E-state index >= 15 is 0 Å². The van der Waals surface area contributed by atoms with E-state index in [1.807, 2.05) is 55.5 Å². The Morgan fingerprint density at radius 3 is 2.59 bits per heavy atom. The van der Waals surface area contributed by atoms with Gasteiger partial charge in [0.1, 0.15) is 5.75 Å². The fourth-order valence-corrected chi connectivity index (χ4v) is 2.48. The topological polar surface area (TPSA) is 74.5 Å². The molecule has 0 spiro atoms. The summed E-state index contributed by atoms with van der Waals surface area (Å²) in [7, 11) is 0. The maximum Gasteiger partial charge on any atom is 0.344 e. The van der Waals surface area contributed by atoms with Gasteiger partial charge in [-0.25, -0.2) is 4.79 Å². The maximum absolute atomic E-state index is 11.8. The number of nitrogens with zero attached hydrogens (tertiary/aromatic N) is 2. The second-order valence-electron chi connectivity index (χ2n) is 6.54. The van der Waals surface area contributed by atoms with Gasteiger partial charge in [-0.2, -0.15) is 0 Å². The molecule has 1 aromatic heterocycles. The molecule has 0 saturated heterocycles. The summed E-state index contributed by atoms with van der Waals surface area (Å²) < 4.78 is 16.1. The fraction of sp³-hybridized carbons (Fsp3) is 0.286. The lowest BCUT2D eigenvalue weighted by atomic mass is 10.0. The van der Waals surface area contributed by atoms with Gasteiger partial charge in [0.2, 0.25) is 5.89 Å². The van der Waals surface area contributed by atoms with Crippen molar-refractivity contribution in [3.8, 4) is 17.2 Å². The van der Waals surface area contributed by atoms with E-state index in [2.05, 4.69) is 24.0 Å². The summed E-state index contributed by atoms with van der Waals surface area (Å²) in [5, 5.41) is 7.89. The Hall–Kier alpha value is -3.15. The normalized spacial score (nSPS) is 10.8. The van der Waals surface area contributed by atoms with E-state index in [1.54, 1.807) is 0 Å². The molecule has 0 amide bonds. The summed E-state index contributed by atoms with van der Waals surface area (Å²) in [4.78, 5) is 11.8. The van der Waals surface area contributed by atoms with Crippen LogP contribution in [0.25, 0.3) is 11.5 Å². The molecule has 3 aromatic rings. The fourth-order valence-electron chi connectivity index (χ4n) is 2.48. The van der Waals surface area contributed by atoms with Gasteiger partial charge in [0.15, 0.2) is 13.2 Å². The highest BCUT2D eigenvalue weighted by Gasteiger charge is 2.12. The molecule has 0 atom stereocenters. The molecule has 2 aromatic carbocycles. The van der Waals surface area contributed by atoms with E-state index in [-0.39, 0.29) is 19.1 Å². The van der Waals surface area contributed by atoms with Gasteiger partial charge in [0.05, 0.1) is 0 Å². The van der Waals surface area contributed by atoms with E-state index in [0.29, 0.717) is 17.6 Å². The molecule has 0 N–H and O–H groups in total. The lowest BCUT2D eigenvalue weighted by Crippen LogP contribution is -2.14. The van der Waals surface area contributed by atoms with Gasteiger partial charge in [0, 0.05) is 5.56 Å². The molecule has 0 aliphatic rings. The minimum Gasteiger partial charge on any atom is -0.482 e.